The molecule has 5 nitrogen and oxygen atoms in total. The van der Waals surface area contributed by atoms with Gasteiger partial charge in [-0.05, 0) is 30.4 Å². The summed E-state index contributed by atoms with van der Waals surface area (Å²) in [5, 5.41) is 0. The fourth-order valence-electron chi connectivity index (χ4n) is 3.22. The van der Waals surface area contributed by atoms with Crippen LogP contribution in [0.2, 0.25) is 0 Å². The Morgan fingerprint density at radius 3 is 2.59 bits per heavy atom. The molecule has 1 fully saturated rings. The van der Waals surface area contributed by atoms with E-state index in [1.54, 1.807) is 6.07 Å². The van der Waals surface area contributed by atoms with Gasteiger partial charge < -0.3 is 19.1 Å². The number of hydrogen-bond acceptors (Lipinski definition) is 4. The van der Waals surface area contributed by atoms with E-state index in [4.69, 9.17) is 14.2 Å². The zero-order valence-electron chi connectivity index (χ0n) is 13.2. The van der Waals surface area contributed by atoms with E-state index in [1.807, 2.05) is 17.0 Å². The van der Waals surface area contributed by atoms with Crippen molar-refractivity contribution < 1.29 is 19.0 Å². The number of benzene rings is 1. The van der Waals surface area contributed by atoms with Gasteiger partial charge in [-0.15, -0.1) is 0 Å². The van der Waals surface area contributed by atoms with Crippen LogP contribution in [0, 0.1) is 11.8 Å². The number of rotatable bonds is 3. The third-order valence-electron chi connectivity index (χ3n) is 4.10. The van der Waals surface area contributed by atoms with Gasteiger partial charge in [0, 0.05) is 19.2 Å². The summed E-state index contributed by atoms with van der Waals surface area (Å²) in [6, 6.07) is 5.41. The van der Waals surface area contributed by atoms with Crippen molar-refractivity contribution in [3.8, 4) is 17.2 Å². The summed E-state index contributed by atoms with van der Waals surface area (Å²) in [6.07, 6.45) is 1.19. The first-order valence-electron chi connectivity index (χ1n) is 7.92. The molecule has 1 aromatic rings. The Morgan fingerprint density at radius 1 is 1.18 bits per heavy atom. The van der Waals surface area contributed by atoms with Crippen molar-refractivity contribution in [2.75, 3.05) is 32.9 Å². The SMILES string of the molecule is CC1CC(C)CN(C(=O)COc2ccc3c(c2)OCCO3)C1. The quantitative estimate of drug-likeness (QED) is 0.860. The minimum absolute atomic E-state index is 0.0493. The van der Waals surface area contributed by atoms with Crippen LogP contribution in [-0.2, 0) is 4.79 Å². The monoisotopic (exact) mass is 305 g/mol. The molecule has 0 N–H and O–H groups in total. The van der Waals surface area contributed by atoms with E-state index in [0.717, 1.165) is 18.8 Å². The second-order valence-corrected chi connectivity index (χ2v) is 6.34. The predicted molar refractivity (Wildman–Crippen MR) is 82.5 cm³/mol. The molecule has 3 rings (SSSR count). The van der Waals surface area contributed by atoms with E-state index in [9.17, 15) is 4.79 Å². The number of carbonyl (C=O) groups is 1. The maximum absolute atomic E-state index is 12.3. The molecule has 0 bridgehead atoms. The topological polar surface area (TPSA) is 48.0 Å². The van der Waals surface area contributed by atoms with E-state index >= 15 is 0 Å². The molecule has 1 aromatic carbocycles. The summed E-state index contributed by atoms with van der Waals surface area (Å²) < 4.78 is 16.6. The van der Waals surface area contributed by atoms with E-state index in [2.05, 4.69) is 13.8 Å². The number of piperidine rings is 1. The Labute approximate surface area is 131 Å². The summed E-state index contributed by atoms with van der Waals surface area (Å²) >= 11 is 0. The largest absolute Gasteiger partial charge is 0.486 e. The van der Waals surface area contributed by atoms with Gasteiger partial charge in [-0.2, -0.15) is 0 Å². The van der Waals surface area contributed by atoms with Crippen molar-refractivity contribution in [1.82, 2.24) is 4.90 Å². The van der Waals surface area contributed by atoms with Crippen LogP contribution in [0.15, 0.2) is 18.2 Å². The highest BCUT2D eigenvalue weighted by molar-refractivity contribution is 5.78. The first kappa shape index (κ1) is 15.0. The Hall–Kier alpha value is -1.91. The molecule has 2 unspecified atom stereocenters. The third-order valence-corrected chi connectivity index (χ3v) is 4.10. The number of fused-ring (bicyclic) bond motifs is 1. The van der Waals surface area contributed by atoms with Crippen LogP contribution < -0.4 is 14.2 Å². The molecule has 120 valence electrons. The molecule has 0 radical (unpaired) electrons. The fourth-order valence-corrected chi connectivity index (χ4v) is 3.22. The number of amides is 1. The van der Waals surface area contributed by atoms with Gasteiger partial charge in [0.15, 0.2) is 18.1 Å². The lowest BCUT2D eigenvalue weighted by molar-refractivity contribution is -0.136. The van der Waals surface area contributed by atoms with Crippen LogP contribution in [0.3, 0.4) is 0 Å². The molecule has 2 aliphatic heterocycles. The van der Waals surface area contributed by atoms with Crippen LogP contribution >= 0.6 is 0 Å². The summed E-state index contributed by atoms with van der Waals surface area (Å²) in [7, 11) is 0. The van der Waals surface area contributed by atoms with Crippen LogP contribution in [-0.4, -0.2) is 43.7 Å². The normalized spacial score (nSPS) is 24.0. The number of nitrogens with zero attached hydrogens (tertiary/aromatic N) is 1. The number of likely N-dealkylation sites (tertiary alicyclic amines) is 1. The number of hydrogen-bond donors (Lipinski definition) is 0. The molecule has 22 heavy (non-hydrogen) atoms. The minimum atomic E-state index is 0.0493. The highest BCUT2D eigenvalue weighted by Crippen LogP contribution is 2.33. The lowest BCUT2D eigenvalue weighted by Crippen LogP contribution is -2.44. The molecule has 2 aliphatic rings. The van der Waals surface area contributed by atoms with Gasteiger partial charge in [-0.1, -0.05) is 13.8 Å². The summed E-state index contributed by atoms with van der Waals surface area (Å²) in [6.45, 7) is 7.21. The summed E-state index contributed by atoms with van der Waals surface area (Å²) in [5.41, 5.74) is 0. The molecule has 5 heteroatoms. The maximum atomic E-state index is 12.3. The fraction of sp³-hybridized carbons (Fsp3) is 0.588. The molecule has 2 atom stereocenters. The molecule has 0 saturated carbocycles. The van der Waals surface area contributed by atoms with E-state index in [0.29, 0.717) is 36.5 Å². The van der Waals surface area contributed by atoms with Crippen molar-refractivity contribution >= 4 is 5.91 Å². The van der Waals surface area contributed by atoms with E-state index in [1.165, 1.54) is 6.42 Å². The first-order chi connectivity index (χ1) is 10.6. The van der Waals surface area contributed by atoms with Crippen LogP contribution in [0.5, 0.6) is 17.2 Å². The Kier molecular flexibility index (Phi) is 4.41. The average Bonchev–Trinajstić information content (AvgIpc) is 2.51. The molecule has 0 aliphatic carbocycles. The lowest BCUT2D eigenvalue weighted by atomic mass is 9.92. The maximum Gasteiger partial charge on any atom is 0.260 e. The van der Waals surface area contributed by atoms with Crippen molar-refractivity contribution in [1.29, 1.82) is 0 Å². The number of ether oxygens (including phenoxy) is 3. The smallest absolute Gasteiger partial charge is 0.260 e. The second kappa shape index (κ2) is 6.46. The Morgan fingerprint density at radius 2 is 1.86 bits per heavy atom. The van der Waals surface area contributed by atoms with Crippen molar-refractivity contribution in [2.24, 2.45) is 11.8 Å². The minimum Gasteiger partial charge on any atom is -0.486 e. The highest BCUT2D eigenvalue weighted by Gasteiger charge is 2.25. The average molecular weight is 305 g/mol. The molecular formula is C17H23NO4. The summed E-state index contributed by atoms with van der Waals surface area (Å²) in [4.78, 5) is 14.2. The highest BCUT2D eigenvalue weighted by atomic mass is 16.6. The zero-order chi connectivity index (χ0) is 15.5. The predicted octanol–water partition coefficient (Wildman–Crippen LogP) is 2.34. The van der Waals surface area contributed by atoms with Crippen molar-refractivity contribution in [2.45, 2.75) is 20.3 Å². The Bertz CT molecular complexity index is 535. The van der Waals surface area contributed by atoms with Gasteiger partial charge in [0.25, 0.3) is 5.91 Å². The number of carbonyl (C=O) groups excluding carboxylic acids is 1. The van der Waals surface area contributed by atoms with Crippen molar-refractivity contribution in [3.05, 3.63) is 18.2 Å². The Balaban J connectivity index is 1.56. The molecular weight excluding hydrogens is 282 g/mol. The van der Waals surface area contributed by atoms with E-state index < -0.39 is 0 Å². The second-order valence-electron chi connectivity index (χ2n) is 6.34. The molecule has 1 saturated heterocycles. The van der Waals surface area contributed by atoms with Gasteiger partial charge >= 0.3 is 0 Å². The van der Waals surface area contributed by atoms with Gasteiger partial charge in [-0.3, -0.25) is 4.79 Å². The van der Waals surface area contributed by atoms with Gasteiger partial charge in [0.05, 0.1) is 0 Å². The van der Waals surface area contributed by atoms with Crippen molar-refractivity contribution in [3.63, 3.8) is 0 Å². The van der Waals surface area contributed by atoms with Crippen LogP contribution in [0.25, 0.3) is 0 Å². The van der Waals surface area contributed by atoms with Crippen LogP contribution in [0.1, 0.15) is 20.3 Å². The molecule has 0 spiro atoms. The molecule has 2 heterocycles. The molecule has 1 amide bonds. The first-order valence-corrected chi connectivity index (χ1v) is 7.92. The zero-order valence-corrected chi connectivity index (χ0v) is 13.2. The third kappa shape index (κ3) is 3.46. The van der Waals surface area contributed by atoms with E-state index in [-0.39, 0.29) is 12.5 Å². The summed E-state index contributed by atoms with van der Waals surface area (Å²) in [5.74, 6) is 3.20. The lowest BCUT2D eigenvalue weighted by Gasteiger charge is -2.34. The van der Waals surface area contributed by atoms with Gasteiger partial charge in [0.2, 0.25) is 0 Å². The standard InChI is InChI=1S/C17H23NO4/c1-12-7-13(2)10-18(9-12)17(19)11-22-14-3-4-15-16(8-14)21-6-5-20-15/h3-4,8,12-13H,5-7,9-11H2,1-2H3. The molecule has 0 aromatic heterocycles. The van der Waals surface area contributed by atoms with Crippen LogP contribution in [0.4, 0.5) is 0 Å². The van der Waals surface area contributed by atoms with Gasteiger partial charge in [-0.25, -0.2) is 0 Å². The van der Waals surface area contributed by atoms with Gasteiger partial charge in [0.1, 0.15) is 19.0 Å².